The molecule has 0 N–H and O–H groups in total. The van der Waals surface area contributed by atoms with Crippen molar-refractivity contribution in [3.05, 3.63) is 102 Å². The molecule has 0 spiro atoms. The van der Waals surface area contributed by atoms with Crippen LogP contribution in [0.5, 0.6) is 0 Å². The normalized spacial score (nSPS) is 15.4. The third-order valence-corrected chi connectivity index (χ3v) is 6.84. The van der Waals surface area contributed by atoms with E-state index in [1.165, 1.54) is 21.4 Å². The zero-order chi connectivity index (χ0) is 21.0. The Hall–Kier alpha value is -2.96. The predicted molar refractivity (Wildman–Crippen MR) is 119 cm³/mol. The molecule has 0 fully saturated rings. The number of aromatic nitrogens is 2. The summed E-state index contributed by atoms with van der Waals surface area (Å²) in [6, 6.07) is 17.1. The van der Waals surface area contributed by atoms with Crippen molar-refractivity contribution in [2.24, 2.45) is 0 Å². The van der Waals surface area contributed by atoms with Gasteiger partial charge >= 0.3 is 0 Å². The van der Waals surface area contributed by atoms with E-state index in [0.29, 0.717) is 6.54 Å². The molecule has 0 radical (unpaired) electrons. The number of aryl methyl sites for hydroxylation is 1. The summed E-state index contributed by atoms with van der Waals surface area (Å²) in [6.45, 7) is 4.30. The van der Waals surface area contributed by atoms with Gasteiger partial charge in [0.2, 0.25) is 0 Å². The van der Waals surface area contributed by atoms with E-state index >= 15 is 0 Å². The molecule has 1 aliphatic rings. The van der Waals surface area contributed by atoms with Crippen LogP contribution in [0.4, 0.5) is 0 Å². The fraction of sp³-hybridized carbons (Fsp3) is 0.208. The lowest BCUT2D eigenvalue weighted by atomic mass is 10.1. The molecule has 154 valence electrons. The van der Waals surface area contributed by atoms with Gasteiger partial charge in [-0.05, 0) is 36.6 Å². The summed E-state index contributed by atoms with van der Waals surface area (Å²) >= 11 is 0. The number of rotatable bonds is 6. The number of allylic oxidation sites excluding steroid dienone is 1. The molecule has 0 saturated carbocycles. The van der Waals surface area contributed by atoms with Gasteiger partial charge in [-0.2, -0.15) is 0 Å². The van der Waals surface area contributed by atoms with Crippen LogP contribution in [0.2, 0.25) is 0 Å². The lowest BCUT2D eigenvalue weighted by Crippen LogP contribution is -2.28. The second-order valence-electron chi connectivity index (χ2n) is 7.52. The highest BCUT2D eigenvalue weighted by Crippen LogP contribution is 2.18. The monoisotopic (exact) mass is 419 g/mol. The number of nitrogens with zero attached hydrogens (tertiary/aromatic N) is 3. The fourth-order valence-electron chi connectivity index (χ4n) is 3.41. The number of imidazole rings is 1. The van der Waals surface area contributed by atoms with Gasteiger partial charge in [0.05, 0.1) is 10.6 Å². The van der Waals surface area contributed by atoms with Crippen LogP contribution < -0.4 is 0 Å². The van der Waals surface area contributed by atoms with E-state index in [1.54, 1.807) is 30.5 Å². The van der Waals surface area contributed by atoms with Crippen molar-refractivity contribution in [2.75, 3.05) is 13.1 Å². The predicted octanol–water partition coefficient (Wildman–Crippen LogP) is 4.27. The van der Waals surface area contributed by atoms with Crippen molar-refractivity contribution in [1.82, 2.24) is 13.9 Å². The molecule has 6 heteroatoms. The molecule has 0 saturated heterocycles. The Bertz CT molecular complexity index is 1160. The van der Waals surface area contributed by atoms with Crippen LogP contribution in [0.15, 0.2) is 89.7 Å². The van der Waals surface area contributed by atoms with Gasteiger partial charge in [0.25, 0.3) is 10.0 Å². The maximum atomic E-state index is 12.8. The highest BCUT2D eigenvalue weighted by Gasteiger charge is 2.18. The van der Waals surface area contributed by atoms with Gasteiger partial charge in [0, 0.05) is 25.8 Å². The van der Waals surface area contributed by atoms with E-state index in [0.717, 1.165) is 30.8 Å². The van der Waals surface area contributed by atoms with Crippen molar-refractivity contribution in [3.8, 4) is 0 Å². The molecule has 0 unspecified atom stereocenters. The van der Waals surface area contributed by atoms with E-state index < -0.39 is 10.0 Å². The van der Waals surface area contributed by atoms with Crippen LogP contribution in [0.3, 0.4) is 0 Å². The van der Waals surface area contributed by atoms with Crippen LogP contribution >= 0.6 is 0 Å². The summed E-state index contributed by atoms with van der Waals surface area (Å²) in [4.78, 5) is 6.86. The van der Waals surface area contributed by atoms with Gasteiger partial charge in [0.1, 0.15) is 6.33 Å². The van der Waals surface area contributed by atoms with Gasteiger partial charge in [0.15, 0.2) is 0 Å². The lowest BCUT2D eigenvalue weighted by molar-refractivity contribution is 0.284. The molecular formula is C24H25N3O2S. The smallest absolute Gasteiger partial charge is 0.268 e. The van der Waals surface area contributed by atoms with E-state index in [-0.39, 0.29) is 4.90 Å². The maximum Gasteiger partial charge on any atom is 0.268 e. The molecule has 1 aromatic heterocycles. The summed E-state index contributed by atoms with van der Waals surface area (Å²) in [7, 11) is -3.60. The minimum atomic E-state index is -3.60. The summed E-state index contributed by atoms with van der Waals surface area (Å²) in [6.07, 6.45) is 10.5. The van der Waals surface area contributed by atoms with E-state index in [9.17, 15) is 8.42 Å². The van der Waals surface area contributed by atoms with Crippen LogP contribution in [-0.2, 0) is 16.6 Å². The van der Waals surface area contributed by atoms with E-state index in [2.05, 4.69) is 40.2 Å². The first-order valence-electron chi connectivity index (χ1n) is 10.0. The van der Waals surface area contributed by atoms with Gasteiger partial charge < -0.3 is 0 Å². The molecule has 2 aromatic carbocycles. The first kappa shape index (κ1) is 20.3. The summed E-state index contributed by atoms with van der Waals surface area (Å²) in [5.74, 6) is 0. The minimum absolute atomic E-state index is 0.271. The number of hydrogen-bond acceptors (Lipinski definition) is 4. The van der Waals surface area contributed by atoms with Crippen LogP contribution in [0.25, 0.3) is 6.08 Å². The molecule has 2 heterocycles. The zero-order valence-corrected chi connectivity index (χ0v) is 17.8. The van der Waals surface area contributed by atoms with Crippen LogP contribution in [-0.4, -0.2) is 35.4 Å². The summed E-state index contributed by atoms with van der Waals surface area (Å²) < 4.78 is 26.8. The highest BCUT2D eigenvalue weighted by molar-refractivity contribution is 7.90. The topological polar surface area (TPSA) is 55.2 Å². The summed E-state index contributed by atoms with van der Waals surface area (Å²) in [5.41, 5.74) is 4.29. The standard InChI is InChI=1S/C24H25N3O2S/c1-20-7-11-24(12-8-20)30(28,29)27-18-23(25-19-27)17-26-15-13-22(14-16-26)10-9-21-5-3-2-4-6-21/h2-13,18-19H,14-17H2,1H3/b10-9+. The fourth-order valence-corrected chi connectivity index (χ4v) is 4.56. The summed E-state index contributed by atoms with van der Waals surface area (Å²) in [5, 5.41) is 0. The Morgan fingerprint density at radius 1 is 1.03 bits per heavy atom. The minimum Gasteiger partial charge on any atom is -0.293 e. The molecule has 4 rings (SSSR count). The quantitative estimate of drug-likeness (QED) is 0.599. The van der Waals surface area contributed by atoms with E-state index in [4.69, 9.17) is 0 Å². The third kappa shape index (κ3) is 4.78. The second kappa shape index (κ2) is 8.81. The molecule has 5 nitrogen and oxygen atoms in total. The van der Waals surface area contributed by atoms with Crippen molar-refractivity contribution < 1.29 is 8.42 Å². The lowest BCUT2D eigenvalue weighted by Gasteiger charge is -2.24. The first-order chi connectivity index (χ1) is 14.5. The van der Waals surface area contributed by atoms with Crippen molar-refractivity contribution >= 4 is 16.1 Å². The number of benzene rings is 2. The Kier molecular flexibility index (Phi) is 5.97. The molecule has 0 aliphatic carbocycles. The van der Waals surface area contributed by atoms with Crippen LogP contribution in [0.1, 0.15) is 23.2 Å². The Balaban J connectivity index is 1.38. The average molecular weight is 420 g/mol. The second-order valence-corrected chi connectivity index (χ2v) is 9.36. The Labute approximate surface area is 178 Å². The molecule has 1 aliphatic heterocycles. The molecule has 0 amide bonds. The largest absolute Gasteiger partial charge is 0.293 e. The Morgan fingerprint density at radius 3 is 2.50 bits per heavy atom. The Morgan fingerprint density at radius 2 is 1.80 bits per heavy atom. The SMILES string of the molecule is Cc1ccc(S(=O)(=O)n2cnc(CN3CC=C(/C=C/c4ccccc4)CC3)c2)cc1. The highest BCUT2D eigenvalue weighted by atomic mass is 32.2. The molecular weight excluding hydrogens is 394 g/mol. The zero-order valence-electron chi connectivity index (χ0n) is 17.0. The molecule has 30 heavy (non-hydrogen) atoms. The molecule has 0 atom stereocenters. The maximum absolute atomic E-state index is 12.8. The van der Waals surface area contributed by atoms with Gasteiger partial charge in [-0.15, -0.1) is 0 Å². The number of hydrogen-bond donors (Lipinski definition) is 0. The van der Waals surface area contributed by atoms with Gasteiger partial charge in [-0.1, -0.05) is 66.3 Å². The van der Waals surface area contributed by atoms with E-state index in [1.807, 2.05) is 25.1 Å². The molecule has 0 bridgehead atoms. The molecule has 3 aromatic rings. The van der Waals surface area contributed by atoms with Crippen LogP contribution in [0, 0.1) is 6.92 Å². The van der Waals surface area contributed by atoms with Crippen molar-refractivity contribution in [1.29, 1.82) is 0 Å². The van der Waals surface area contributed by atoms with Gasteiger partial charge in [-0.3, -0.25) is 4.90 Å². The van der Waals surface area contributed by atoms with Crippen molar-refractivity contribution in [2.45, 2.75) is 24.8 Å². The van der Waals surface area contributed by atoms with Gasteiger partial charge in [-0.25, -0.2) is 17.4 Å². The first-order valence-corrected chi connectivity index (χ1v) is 11.4. The third-order valence-electron chi connectivity index (χ3n) is 5.21. The van der Waals surface area contributed by atoms with Crippen molar-refractivity contribution in [3.63, 3.8) is 0 Å². The average Bonchev–Trinajstić information content (AvgIpc) is 3.24.